The minimum atomic E-state index is 0.808. The van der Waals surface area contributed by atoms with Crippen molar-refractivity contribution in [3.05, 3.63) is 23.9 Å². The third kappa shape index (κ3) is 1.70. The molecule has 0 unspecified atom stereocenters. The van der Waals surface area contributed by atoms with Crippen molar-refractivity contribution in [2.45, 2.75) is 5.33 Å². The van der Waals surface area contributed by atoms with Crippen LogP contribution in [0.1, 0.15) is 5.69 Å². The summed E-state index contributed by atoms with van der Waals surface area (Å²) in [6.45, 7) is 0. The van der Waals surface area contributed by atoms with Crippen LogP contribution in [0.3, 0.4) is 0 Å². The summed E-state index contributed by atoms with van der Waals surface area (Å²) in [5.74, 6) is 0.914. The van der Waals surface area contributed by atoms with Crippen molar-refractivity contribution in [1.82, 2.24) is 4.98 Å². The van der Waals surface area contributed by atoms with Gasteiger partial charge in [-0.15, -0.1) is 0 Å². The van der Waals surface area contributed by atoms with Crippen LogP contribution in [0.5, 0.6) is 0 Å². The summed E-state index contributed by atoms with van der Waals surface area (Å²) in [6.07, 6.45) is 0. The number of anilines is 1. The molecular weight excluding hydrogens is 192 g/mol. The van der Waals surface area contributed by atoms with E-state index in [-0.39, 0.29) is 0 Å². The monoisotopic (exact) mass is 200 g/mol. The highest BCUT2D eigenvalue weighted by Gasteiger charge is 1.91. The number of halogens is 1. The minimum Gasteiger partial charge on any atom is -0.373 e. The van der Waals surface area contributed by atoms with Crippen LogP contribution in [0, 0.1) is 0 Å². The quantitative estimate of drug-likeness (QED) is 0.740. The van der Waals surface area contributed by atoms with Crippen LogP contribution >= 0.6 is 15.9 Å². The molecule has 0 amide bonds. The molecule has 0 radical (unpaired) electrons. The van der Waals surface area contributed by atoms with Gasteiger partial charge in [0.25, 0.3) is 0 Å². The summed E-state index contributed by atoms with van der Waals surface area (Å²) in [7, 11) is 1.86. The van der Waals surface area contributed by atoms with Gasteiger partial charge in [0.15, 0.2) is 0 Å². The van der Waals surface area contributed by atoms with Crippen molar-refractivity contribution in [3.63, 3.8) is 0 Å². The molecule has 1 N–H and O–H groups in total. The summed E-state index contributed by atoms with van der Waals surface area (Å²) in [5.41, 5.74) is 1.05. The Bertz CT molecular complexity index is 193. The molecule has 1 heterocycles. The Morgan fingerprint density at radius 1 is 1.60 bits per heavy atom. The predicted octanol–water partition coefficient (Wildman–Crippen LogP) is 2.02. The molecule has 10 heavy (non-hydrogen) atoms. The Morgan fingerprint density at radius 3 is 3.00 bits per heavy atom. The van der Waals surface area contributed by atoms with Gasteiger partial charge in [0.2, 0.25) is 0 Å². The predicted molar refractivity (Wildman–Crippen MR) is 46.4 cm³/mol. The molecule has 2 nitrogen and oxygen atoms in total. The lowest BCUT2D eigenvalue weighted by Crippen LogP contribution is -1.93. The summed E-state index contributed by atoms with van der Waals surface area (Å²) in [5, 5.41) is 3.78. The first kappa shape index (κ1) is 7.54. The highest BCUT2D eigenvalue weighted by Crippen LogP contribution is 2.06. The summed E-state index contributed by atoms with van der Waals surface area (Å²) in [4.78, 5) is 4.25. The molecule has 1 rings (SSSR count). The molecule has 0 atom stereocenters. The normalized spacial score (nSPS) is 9.40. The molecule has 0 aliphatic heterocycles. The molecule has 0 spiro atoms. The Balaban J connectivity index is 2.87. The largest absolute Gasteiger partial charge is 0.373 e. The molecule has 0 aliphatic rings. The van der Waals surface area contributed by atoms with Gasteiger partial charge in [-0.2, -0.15) is 0 Å². The lowest BCUT2D eigenvalue weighted by Gasteiger charge is -1.99. The first-order chi connectivity index (χ1) is 4.86. The zero-order chi connectivity index (χ0) is 7.40. The van der Waals surface area contributed by atoms with Gasteiger partial charge in [-0.3, -0.25) is 0 Å². The minimum absolute atomic E-state index is 0.808. The van der Waals surface area contributed by atoms with Crippen molar-refractivity contribution >= 4 is 21.7 Å². The third-order valence-corrected chi connectivity index (χ3v) is 1.77. The fraction of sp³-hybridized carbons (Fsp3) is 0.286. The second kappa shape index (κ2) is 3.56. The van der Waals surface area contributed by atoms with E-state index in [0.717, 1.165) is 16.8 Å². The maximum Gasteiger partial charge on any atom is 0.125 e. The molecule has 0 fully saturated rings. The highest BCUT2D eigenvalue weighted by atomic mass is 79.9. The molecule has 54 valence electrons. The van der Waals surface area contributed by atoms with Gasteiger partial charge < -0.3 is 5.32 Å². The molecular formula is C7H9BrN2. The molecule has 0 saturated carbocycles. The van der Waals surface area contributed by atoms with E-state index in [1.54, 1.807) is 0 Å². The summed E-state index contributed by atoms with van der Waals surface area (Å²) in [6, 6.07) is 5.90. The van der Waals surface area contributed by atoms with E-state index >= 15 is 0 Å². The van der Waals surface area contributed by atoms with E-state index in [4.69, 9.17) is 0 Å². The first-order valence-corrected chi connectivity index (χ1v) is 4.18. The van der Waals surface area contributed by atoms with Crippen LogP contribution in [-0.4, -0.2) is 12.0 Å². The number of nitrogens with one attached hydrogen (secondary N) is 1. The van der Waals surface area contributed by atoms with E-state index in [1.807, 2.05) is 25.2 Å². The van der Waals surface area contributed by atoms with Gasteiger partial charge in [-0.25, -0.2) is 4.98 Å². The van der Waals surface area contributed by atoms with Crippen molar-refractivity contribution in [3.8, 4) is 0 Å². The molecule has 3 heteroatoms. The van der Waals surface area contributed by atoms with Crippen LogP contribution in [-0.2, 0) is 5.33 Å². The van der Waals surface area contributed by atoms with Gasteiger partial charge in [-0.05, 0) is 12.1 Å². The number of pyridine rings is 1. The van der Waals surface area contributed by atoms with Crippen LogP contribution in [0.25, 0.3) is 0 Å². The Morgan fingerprint density at radius 2 is 2.40 bits per heavy atom. The van der Waals surface area contributed by atoms with Gasteiger partial charge in [0.05, 0.1) is 5.69 Å². The van der Waals surface area contributed by atoms with Gasteiger partial charge in [0.1, 0.15) is 5.82 Å². The fourth-order valence-corrected chi connectivity index (χ4v) is 1.01. The fourth-order valence-electron chi connectivity index (χ4n) is 0.693. The smallest absolute Gasteiger partial charge is 0.125 e. The van der Waals surface area contributed by atoms with Gasteiger partial charge >= 0.3 is 0 Å². The van der Waals surface area contributed by atoms with E-state index in [2.05, 4.69) is 26.2 Å². The number of hydrogen-bond acceptors (Lipinski definition) is 2. The van der Waals surface area contributed by atoms with E-state index in [9.17, 15) is 0 Å². The number of rotatable bonds is 2. The van der Waals surface area contributed by atoms with Crippen LogP contribution in [0.2, 0.25) is 0 Å². The maximum absolute atomic E-state index is 4.25. The third-order valence-electron chi connectivity index (χ3n) is 1.20. The Kier molecular flexibility index (Phi) is 2.68. The highest BCUT2D eigenvalue weighted by molar-refractivity contribution is 9.08. The second-order valence-electron chi connectivity index (χ2n) is 1.90. The molecule has 0 aromatic carbocycles. The Hall–Kier alpha value is -0.570. The SMILES string of the molecule is CNc1cccc(CBr)n1. The van der Waals surface area contributed by atoms with E-state index < -0.39 is 0 Å². The average Bonchev–Trinajstić information content (AvgIpc) is 2.05. The van der Waals surface area contributed by atoms with Crippen molar-refractivity contribution < 1.29 is 0 Å². The standard InChI is InChI=1S/C7H9BrN2/c1-9-7-4-2-3-6(5-8)10-7/h2-4H,5H2,1H3,(H,9,10). The summed E-state index contributed by atoms with van der Waals surface area (Å²) < 4.78 is 0. The lowest BCUT2D eigenvalue weighted by molar-refractivity contribution is 1.17. The molecule has 0 aliphatic carbocycles. The van der Waals surface area contributed by atoms with Gasteiger partial charge in [0, 0.05) is 12.4 Å². The molecule has 0 saturated heterocycles. The number of hydrogen-bond donors (Lipinski definition) is 1. The van der Waals surface area contributed by atoms with Gasteiger partial charge in [-0.1, -0.05) is 22.0 Å². The molecule has 0 bridgehead atoms. The number of aromatic nitrogens is 1. The molecule has 1 aromatic heterocycles. The van der Waals surface area contributed by atoms with Crippen molar-refractivity contribution in [1.29, 1.82) is 0 Å². The molecule has 1 aromatic rings. The average molecular weight is 201 g/mol. The van der Waals surface area contributed by atoms with Crippen molar-refractivity contribution in [2.75, 3.05) is 12.4 Å². The lowest BCUT2D eigenvalue weighted by atomic mass is 10.4. The zero-order valence-electron chi connectivity index (χ0n) is 5.76. The van der Waals surface area contributed by atoms with E-state index in [1.165, 1.54) is 0 Å². The zero-order valence-corrected chi connectivity index (χ0v) is 7.35. The van der Waals surface area contributed by atoms with Crippen molar-refractivity contribution in [2.24, 2.45) is 0 Å². The maximum atomic E-state index is 4.25. The first-order valence-electron chi connectivity index (χ1n) is 3.06. The number of alkyl halides is 1. The Labute approximate surface area is 68.8 Å². The van der Waals surface area contributed by atoms with E-state index in [0.29, 0.717) is 0 Å². The van der Waals surface area contributed by atoms with Crippen LogP contribution in [0.15, 0.2) is 18.2 Å². The second-order valence-corrected chi connectivity index (χ2v) is 2.46. The van der Waals surface area contributed by atoms with Crippen LogP contribution < -0.4 is 5.32 Å². The summed E-state index contributed by atoms with van der Waals surface area (Å²) >= 11 is 3.33. The topological polar surface area (TPSA) is 24.9 Å². The van der Waals surface area contributed by atoms with Crippen LogP contribution in [0.4, 0.5) is 5.82 Å². The number of nitrogens with zero attached hydrogens (tertiary/aromatic N) is 1.